The van der Waals surface area contributed by atoms with E-state index in [4.69, 9.17) is 20.4 Å². The topological polar surface area (TPSA) is 80.0 Å². The highest BCUT2D eigenvalue weighted by Gasteiger charge is 2.15. The second-order valence-electron chi connectivity index (χ2n) is 6.91. The molecule has 32 heavy (non-hydrogen) atoms. The van der Waals surface area contributed by atoms with Crippen molar-refractivity contribution in [2.45, 2.75) is 0 Å². The van der Waals surface area contributed by atoms with Crippen LogP contribution >= 0.6 is 22.9 Å². The molecule has 0 aliphatic carbocycles. The summed E-state index contributed by atoms with van der Waals surface area (Å²) in [6, 6.07) is 22.3. The van der Waals surface area contributed by atoms with Crippen LogP contribution in [-0.2, 0) is 0 Å². The second kappa shape index (κ2) is 8.31. The van der Waals surface area contributed by atoms with Gasteiger partial charge in [-0.15, -0.1) is 11.3 Å². The third-order valence-corrected chi connectivity index (χ3v) is 5.91. The minimum Gasteiger partial charge on any atom is -0.457 e. The molecule has 5 nitrogen and oxygen atoms in total. The molecule has 0 N–H and O–H groups in total. The van der Waals surface area contributed by atoms with Crippen LogP contribution in [0, 0.1) is 11.3 Å². The Hall–Kier alpha value is -3.92. The standard InChI is InChI=1S/C25H13ClN2O3S/c26-18-6-8-23-16(10-18)12-20(25(29)31-23)21-14-32-24(28-21)17(13-27)11-19-7-9-22(30-19)15-4-2-1-3-5-15/h1-12,14H/b17-11+. The van der Waals surface area contributed by atoms with Crippen molar-refractivity contribution in [1.29, 1.82) is 5.26 Å². The molecule has 0 unspecified atom stereocenters. The first-order valence-corrected chi connectivity index (χ1v) is 10.8. The molecule has 0 radical (unpaired) electrons. The molecule has 5 rings (SSSR count). The fourth-order valence-corrected chi connectivity index (χ4v) is 4.23. The van der Waals surface area contributed by atoms with Crippen molar-refractivity contribution in [3.8, 4) is 28.7 Å². The Balaban J connectivity index is 1.49. The van der Waals surface area contributed by atoms with E-state index in [-0.39, 0.29) is 0 Å². The molecule has 0 fully saturated rings. The van der Waals surface area contributed by atoms with Crippen molar-refractivity contribution < 1.29 is 8.83 Å². The lowest BCUT2D eigenvalue weighted by Gasteiger charge is -2.00. The Kier molecular flexibility index (Phi) is 5.20. The second-order valence-corrected chi connectivity index (χ2v) is 8.20. The number of hydrogen-bond donors (Lipinski definition) is 0. The normalized spacial score (nSPS) is 11.6. The molecule has 3 aromatic heterocycles. The molecule has 3 heterocycles. The van der Waals surface area contributed by atoms with Gasteiger partial charge < -0.3 is 8.83 Å². The maximum Gasteiger partial charge on any atom is 0.345 e. The predicted octanol–water partition coefficient (Wildman–Crippen LogP) is 6.89. The van der Waals surface area contributed by atoms with Crippen LogP contribution in [0.2, 0.25) is 5.02 Å². The highest BCUT2D eigenvalue weighted by atomic mass is 35.5. The van der Waals surface area contributed by atoms with E-state index >= 15 is 0 Å². The Bertz CT molecular complexity index is 1570. The largest absolute Gasteiger partial charge is 0.457 e. The van der Waals surface area contributed by atoms with Crippen molar-refractivity contribution in [1.82, 2.24) is 4.98 Å². The molecular formula is C25H13ClN2O3S. The summed E-state index contributed by atoms with van der Waals surface area (Å²) in [5, 5.41) is 13.1. The monoisotopic (exact) mass is 456 g/mol. The van der Waals surface area contributed by atoms with Crippen LogP contribution in [0.25, 0.3) is 45.2 Å². The molecular weight excluding hydrogens is 444 g/mol. The number of hydrogen-bond acceptors (Lipinski definition) is 6. The highest BCUT2D eigenvalue weighted by molar-refractivity contribution is 7.11. The zero-order chi connectivity index (χ0) is 22.1. The average molecular weight is 457 g/mol. The summed E-state index contributed by atoms with van der Waals surface area (Å²) in [4.78, 5) is 17.0. The van der Waals surface area contributed by atoms with Gasteiger partial charge >= 0.3 is 5.63 Å². The molecule has 0 bridgehead atoms. The summed E-state index contributed by atoms with van der Waals surface area (Å²) < 4.78 is 11.3. The summed E-state index contributed by atoms with van der Waals surface area (Å²) in [6.07, 6.45) is 1.64. The molecule has 0 saturated heterocycles. The Morgan fingerprint density at radius 1 is 1.06 bits per heavy atom. The summed E-state index contributed by atoms with van der Waals surface area (Å²) in [5.41, 5.74) is 1.98. The van der Waals surface area contributed by atoms with Crippen molar-refractivity contribution >= 4 is 45.6 Å². The number of nitriles is 1. The van der Waals surface area contributed by atoms with Gasteiger partial charge in [0.1, 0.15) is 28.2 Å². The number of nitrogens with zero attached hydrogens (tertiary/aromatic N) is 2. The Morgan fingerprint density at radius 3 is 2.72 bits per heavy atom. The molecule has 7 heteroatoms. The van der Waals surface area contributed by atoms with Gasteiger partial charge in [0.05, 0.1) is 16.8 Å². The molecule has 0 amide bonds. The van der Waals surface area contributed by atoms with Gasteiger partial charge in [0.15, 0.2) is 0 Å². The third kappa shape index (κ3) is 3.87. The van der Waals surface area contributed by atoms with Gasteiger partial charge in [-0.25, -0.2) is 9.78 Å². The molecule has 0 saturated carbocycles. The van der Waals surface area contributed by atoms with Crippen molar-refractivity contribution in [2.75, 3.05) is 0 Å². The predicted molar refractivity (Wildman–Crippen MR) is 126 cm³/mol. The number of rotatable bonds is 4. The summed E-state index contributed by atoms with van der Waals surface area (Å²) in [5.74, 6) is 1.25. The molecule has 154 valence electrons. The van der Waals surface area contributed by atoms with Gasteiger partial charge in [0.25, 0.3) is 0 Å². The van der Waals surface area contributed by atoms with Crippen LogP contribution in [0.15, 0.2) is 85.7 Å². The van der Waals surface area contributed by atoms with E-state index in [2.05, 4.69) is 11.1 Å². The smallest absolute Gasteiger partial charge is 0.345 e. The van der Waals surface area contributed by atoms with Gasteiger partial charge in [-0.1, -0.05) is 41.9 Å². The number of benzene rings is 2. The molecule has 0 aliphatic heterocycles. The zero-order valence-corrected chi connectivity index (χ0v) is 18.0. The Morgan fingerprint density at radius 2 is 1.91 bits per heavy atom. The number of fused-ring (bicyclic) bond motifs is 1. The first-order valence-electron chi connectivity index (χ1n) is 9.57. The number of halogens is 1. The quantitative estimate of drug-likeness (QED) is 0.217. The number of aromatic nitrogens is 1. The van der Waals surface area contributed by atoms with E-state index in [1.807, 2.05) is 36.4 Å². The third-order valence-electron chi connectivity index (χ3n) is 4.80. The molecule has 2 aromatic carbocycles. The van der Waals surface area contributed by atoms with E-state index in [1.54, 1.807) is 41.8 Å². The fourth-order valence-electron chi connectivity index (χ4n) is 3.27. The Labute approximate surface area is 191 Å². The van der Waals surface area contributed by atoms with Crippen LogP contribution in [0.3, 0.4) is 0 Å². The summed E-state index contributed by atoms with van der Waals surface area (Å²) >= 11 is 7.32. The lowest BCUT2D eigenvalue weighted by atomic mass is 10.1. The fraction of sp³-hybridized carbons (Fsp3) is 0. The van der Waals surface area contributed by atoms with E-state index in [9.17, 15) is 10.1 Å². The molecule has 0 aliphatic rings. The molecule has 0 atom stereocenters. The summed E-state index contributed by atoms with van der Waals surface area (Å²) in [6.45, 7) is 0. The first kappa shape index (κ1) is 20.0. The van der Waals surface area contributed by atoms with E-state index in [1.165, 1.54) is 11.3 Å². The van der Waals surface area contributed by atoms with E-state index in [0.717, 1.165) is 5.56 Å². The van der Waals surface area contributed by atoms with Crippen LogP contribution < -0.4 is 5.63 Å². The van der Waals surface area contributed by atoms with E-state index < -0.39 is 5.63 Å². The van der Waals surface area contributed by atoms with Crippen molar-refractivity contribution in [2.24, 2.45) is 0 Å². The van der Waals surface area contributed by atoms with Gasteiger partial charge in [-0.2, -0.15) is 5.26 Å². The number of allylic oxidation sites excluding steroid dienone is 1. The molecule has 0 spiro atoms. The van der Waals surface area contributed by atoms with E-state index in [0.29, 0.717) is 49.4 Å². The number of furan rings is 1. The highest BCUT2D eigenvalue weighted by Crippen LogP contribution is 2.29. The SMILES string of the molecule is N#C/C(=C\c1ccc(-c2ccccc2)o1)c1nc(-c2cc3cc(Cl)ccc3oc2=O)cs1. The van der Waals surface area contributed by atoms with Crippen LogP contribution in [-0.4, -0.2) is 4.98 Å². The van der Waals surface area contributed by atoms with Gasteiger partial charge in [0.2, 0.25) is 0 Å². The minimum atomic E-state index is -0.502. The van der Waals surface area contributed by atoms with Crippen molar-refractivity contribution in [3.63, 3.8) is 0 Å². The van der Waals surface area contributed by atoms with Crippen molar-refractivity contribution in [3.05, 3.63) is 98.3 Å². The molecule has 5 aromatic rings. The van der Waals surface area contributed by atoms with Gasteiger partial charge in [-0.05, 0) is 36.4 Å². The van der Waals surface area contributed by atoms with Crippen LogP contribution in [0.4, 0.5) is 0 Å². The zero-order valence-electron chi connectivity index (χ0n) is 16.4. The van der Waals surface area contributed by atoms with Gasteiger partial charge in [0, 0.05) is 27.4 Å². The summed E-state index contributed by atoms with van der Waals surface area (Å²) in [7, 11) is 0. The number of thiazole rings is 1. The lowest BCUT2D eigenvalue weighted by molar-refractivity contribution is 0.563. The van der Waals surface area contributed by atoms with Gasteiger partial charge in [-0.3, -0.25) is 0 Å². The van der Waals surface area contributed by atoms with Crippen LogP contribution in [0.5, 0.6) is 0 Å². The average Bonchev–Trinajstić information content (AvgIpc) is 3.48. The van der Waals surface area contributed by atoms with Crippen LogP contribution in [0.1, 0.15) is 10.8 Å². The maximum absolute atomic E-state index is 12.5. The minimum absolute atomic E-state index is 0.309. The maximum atomic E-state index is 12.5. The first-order chi connectivity index (χ1) is 15.6. The lowest BCUT2D eigenvalue weighted by Crippen LogP contribution is -2.02.